The van der Waals surface area contributed by atoms with Crippen LogP contribution in [0.1, 0.15) is 37.0 Å². The van der Waals surface area contributed by atoms with Gasteiger partial charge in [-0.15, -0.1) is 0 Å². The zero-order valence-corrected chi connectivity index (χ0v) is 17.1. The first-order valence-corrected chi connectivity index (χ1v) is 10.9. The Kier molecular flexibility index (Phi) is 6.96. The monoisotopic (exact) mass is 396 g/mol. The summed E-state index contributed by atoms with van der Waals surface area (Å²) in [5, 5.41) is 3.11. The van der Waals surface area contributed by atoms with E-state index in [2.05, 4.69) is 26.2 Å². The Morgan fingerprint density at radius 3 is 2.83 bits per heavy atom. The number of carbonyl (C=O) groups excluding carboxylic acids is 1. The van der Waals surface area contributed by atoms with Crippen LogP contribution in [0.5, 0.6) is 0 Å². The summed E-state index contributed by atoms with van der Waals surface area (Å²) in [6.07, 6.45) is 10.7. The van der Waals surface area contributed by atoms with E-state index in [4.69, 9.17) is 4.42 Å². The lowest BCUT2D eigenvalue weighted by Gasteiger charge is -2.42. The number of carbonyl (C=O) groups is 1. The van der Waals surface area contributed by atoms with Crippen molar-refractivity contribution in [3.05, 3.63) is 54.2 Å². The molecular weight excluding hydrogens is 364 g/mol. The second-order valence-corrected chi connectivity index (χ2v) is 8.32. The number of hydrogen-bond donors (Lipinski definition) is 1. The Labute approximate surface area is 173 Å². The van der Waals surface area contributed by atoms with Crippen LogP contribution in [0, 0.1) is 5.92 Å². The molecule has 0 bridgehead atoms. The molecule has 2 aliphatic rings. The number of pyridine rings is 1. The minimum absolute atomic E-state index is 0.119. The van der Waals surface area contributed by atoms with Gasteiger partial charge in [-0.3, -0.25) is 19.6 Å². The van der Waals surface area contributed by atoms with E-state index in [1.165, 1.54) is 18.4 Å². The van der Waals surface area contributed by atoms with Gasteiger partial charge in [-0.25, -0.2) is 0 Å². The summed E-state index contributed by atoms with van der Waals surface area (Å²) in [5.74, 6) is 1.25. The van der Waals surface area contributed by atoms with E-state index < -0.39 is 0 Å². The molecule has 4 rings (SSSR count). The Morgan fingerprint density at radius 1 is 1.17 bits per heavy atom. The molecule has 0 unspecified atom stereocenters. The number of rotatable bonds is 7. The summed E-state index contributed by atoms with van der Waals surface area (Å²) in [4.78, 5) is 21.9. The molecule has 2 fully saturated rings. The maximum Gasteiger partial charge on any atom is 0.224 e. The molecule has 2 aromatic rings. The number of hydrogen-bond acceptors (Lipinski definition) is 5. The third-order valence-corrected chi connectivity index (χ3v) is 6.28. The Balaban J connectivity index is 1.20. The van der Waals surface area contributed by atoms with Gasteiger partial charge in [0.25, 0.3) is 0 Å². The lowest BCUT2D eigenvalue weighted by Crippen LogP contribution is -2.50. The smallest absolute Gasteiger partial charge is 0.224 e. The van der Waals surface area contributed by atoms with E-state index in [1.54, 1.807) is 6.26 Å². The minimum Gasteiger partial charge on any atom is -0.469 e. The fourth-order valence-electron chi connectivity index (χ4n) is 4.65. The number of nitrogens with zero attached hydrogens (tertiary/aromatic N) is 3. The predicted octanol–water partition coefficient (Wildman–Crippen LogP) is 2.71. The number of amides is 1. The summed E-state index contributed by atoms with van der Waals surface area (Å²) in [6.45, 7) is 5.91. The molecule has 29 heavy (non-hydrogen) atoms. The van der Waals surface area contributed by atoms with Crippen LogP contribution in [0.3, 0.4) is 0 Å². The van der Waals surface area contributed by atoms with Crippen molar-refractivity contribution in [1.82, 2.24) is 20.1 Å². The summed E-state index contributed by atoms with van der Waals surface area (Å²) in [6, 6.07) is 8.61. The highest BCUT2D eigenvalue weighted by Gasteiger charge is 2.31. The van der Waals surface area contributed by atoms with Crippen LogP contribution in [0.2, 0.25) is 0 Å². The summed E-state index contributed by atoms with van der Waals surface area (Å²) >= 11 is 0. The molecule has 2 aliphatic heterocycles. The fraction of sp³-hybridized carbons (Fsp3) is 0.565. The maximum atomic E-state index is 12.6. The largest absolute Gasteiger partial charge is 0.469 e. The number of nitrogens with one attached hydrogen (secondary N) is 1. The molecule has 0 saturated carbocycles. The highest BCUT2D eigenvalue weighted by atomic mass is 16.3. The van der Waals surface area contributed by atoms with Gasteiger partial charge in [-0.05, 0) is 69.1 Å². The third kappa shape index (κ3) is 5.67. The molecular formula is C23H32N4O2. The molecule has 6 nitrogen and oxygen atoms in total. The van der Waals surface area contributed by atoms with Gasteiger partial charge < -0.3 is 9.73 Å². The molecule has 2 aromatic heterocycles. The molecule has 0 aromatic carbocycles. The molecule has 1 atom stereocenters. The van der Waals surface area contributed by atoms with Crippen LogP contribution in [-0.4, -0.2) is 59.5 Å². The van der Waals surface area contributed by atoms with Gasteiger partial charge in [0.1, 0.15) is 5.76 Å². The van der Waals surface area contributed by atoms with Crippen molar-refractivity contribution in [2.24, 2.45) is 5.92 Å². The quantitative estimate of drug-likeness (QED) is 0.780. The van der Waals surface area contributed by atoms with Gasteiger partial charge in [-0.2, -0.15) is 0 Å². The Hall–Kier alpha value is -2.18. The van der Waals surface area contributed by atoms with Gasteiger partial charge >= 0.3 is 0 Å². The average Bonchev–Trinajstić information content (AvgIpc) is 3.29. The Bertz CT molecular complexity index is 742. The van der Waals surface area contributed by atoms with E-state index in [0.717, 1.165) is 57.7 Å². The van der Waals surface area contributed by atoms with Gasteiger partial charge in [0.2, 0.25) is 5.91 Å². The van der Waals surface area contributed by atoms with Gasteiger partial charge in [-0.1, -0.05) is 6.07 Å². The third-order valence-electron chi connectivity index (χ3n) is 6.28. The second kappa shape index (κ2) is 10.0. The van der Waals surface area contributed by atoms with Crippen LogP contribution in [0.25, 0.3) is 0 Å². The number of aromatic nitrogens is 1. The molecule has 2 saturated heterocycles. The second-order valence-electron chi connectivity index (χ2n) is 8.32. The van der Waals surface area contributed by atoms with E-state index in [1.807, 2.05) is 30.6 Å². The first-order valence-electron chi connectivity index (χ1n) is 10.9. The molecule has 0 aliphatic carbocycles. The SMILES string of the molecule is O=C(NCCc1ccco1)[C@@H]1CCCN(C2CCN(Cc3cccnc3)CC2)C1. The average molecular weight is 397 g/mol. The summed E-state index contributed by atoms with van der Waals surface area (Å²) in [5.41, 5.74) is 1.29. The van der Waals surface area contributed by atoms with Crippen LogP contribution >= 0.6 is 0 Å². The molecule has 1 N–H and O–H groups in total. The first kappa shape index (κ1) is 20.1. The van der Waals surface area contributed by atoms with E-state index >= 15 is 0 Å². The van der Waals surface area contributed by atoms with Crippen molar-refractivity contribution in [1.29, 1.82) is 0 Å². The molecule has 6 heteroatoms. The van der Waals surface area contributed by atoms with Crippen LogP contribution < -0.4 is 5.32 Å². The minimum atomic E-state index is 0.119. The fourth-order valence-corrected chi connectivity index (χ4v) is 4.65. The van der Waals surface area contributed by atoms with E-state index in [9.17, 15) is 4.79 Å². The van der Waals surface area contributed by atoms with Crippen LogP contribution in [0.15, 0.2) is 47.3 Å². The van der Waals surface area contributed by atoms with Crippen molar-refractivity contribution in [3.63, 3.8) is 0 Å². The van der Waals surface area contributed by atoms with Gasteiger partial charge in [0, 0.05) is 44.5 Å². The van der Waals surface area contributed by atoms with Gasteiger partial charge in [0.15, 0.2) is 0 Å². The number of piperidine rings is 2. The summed E-state index contributed by atoms with van der Waals surface area (Å²) in [7, 11) is 0. The zero-order valence-electron chi connectivity index (χ0n) is 17.1. The molecule has 1 amide bonds. The van der Waals surface area contributed by atoms with Crippen molar-refractivity contribution in [2.75, 3.05) is 32.7 Å². The molecule has 156 valence electrons. The molecule has 4 heterocycles. The summed E-state index contributed by atoms with van der Waals surface area (Å²) < 4.78 is 5.34. The number of likely N-dealkylation sites (tertiary alicyclic amines) is 2. The normalized spacial score (nSPS) is 21.9. The number of furan rings is 1. The topological polar surface area (TPSA) is 61.6 Å². The van der Waals surface area contributed by atoms with Gasteiger partial charge in [0.05, 0.1) is 12.2 Å². The van der Waals surface area contributed by atoms with Crippen LogP contribution in [0.4, 0.5) is 0 Å². The van der Waals surface area contributed by atoms with Crippen molar-refractivity contribution < 1.29 is 9.21 Å². The predicted molar refractivity (Wildman–Crippen MR) is 112 cm³/mol. The van der Waals surface area contributed by atoms with Crippen molar-refractivity contribution in [3.8, 4) is 0 Å². The molecule has 0 radical (unpaired) electrons. The lowest BCUT2D eigenvalue weighted by molar-refractivity contribution is -0.127. The first-order chi connectivity index (χ1) is 14.3. The highest BCUT2D eigenvalue weighted by molar-refractivity contribution is 5.78. The maximum absolute atomic E-state index is 12.6. The standard InChI is InChI=1S/C23H32N4O2/c28-23(25-11-7-22-6-3-15-29-22)20-5-2-12-27(18-20)21-8-13-26(14-9-21)17-19-4-1-10-24-16-19/h1,3-4,6,10,15-16,20-21H,2,5,7-9,11-14,17-18H2,(H,25,28)/t20-/m1/s1. The highest BCUT2D eigenvalue weighted by Crippen LogP contribution is 2.24. The van der Waals surface area contributed by atoms with E-state index in [-0.39, 0.29) is 11.8 Å². The van der Waals surface area contributed by atoms with Crippen LogP contribution in [-0.2, 0) is 17.8 Å². The molecule has 0 spiro atoms. The van der Waals surface area contributed by atoms with Crippen molar-refractivity contribution >= 4 is 5.91 Å². The Morgan fingerprint density at radius 2 is 2.07 bits per heavy atom. The zero-order chi connectivity index (χ0) is 19.9. The van der Waals surface area contributed by atoms with E-state index in [0.29, 0.717) is 12.6 Å². The lowest BCUT2D eigenvalue weighted by atomic mass is 9.93. The van der Waals surface area contributed by atoms with Crippen molar-refractivity contribution in [2.45, 2.75) is 44.7 Å².